The summed E-state index contributed by atoms with van der Waals surface area (Å²) in [7, 11) is 0. The van der Waals surface area contributed by atoms with Crippen LogP contribution in [0.3, 0.4) is 0 Å². The maximum absolute atomic E-state index is 12.4. The number of carboxylic acid groups (broad SMARTS) is 1. The van der Waals surface area contributed by atoms with Crippen molar-refractivity contribution in [1.82, 2.24) is 10.6 Å². The highest BCUT2D eigenvalue weighted by molar-refractivity contribution is 5.79. The predicted molar refractivity (Wildman–Crippen MR) is 135 cm³/mol. The van der Waals surface area contributed by atoms with Gasteiger partial charge in [0, 0.05) is 31.3 Å². The normalized spacial score (nSPS) is 13.9. The Balaban J connectivity index is 1.41. The topological polar surface area (TPSA) is 105 Å². The van der Waals surface area contributed by atoms with Gasteiger partial charge in [0.1, 0.15) is 6.61 Å². The Morgan fingerprint density at radius 3 is 2.20 bits per heavy atom. The molecule has 2 aromatic carbocycles. The van der Waals surface area contributed by atoms with Crippen molar-refractivity contribution in [2.75, 3.05) is 13.2 Å². The predicted octanol–water partition coefficient (Wildman–Crippen LogP) is 5.09. The molecule has 0 saturated carbocycles. The fraction of sp³-hybridized carbons (Fsp3) is 0.464. The summed E-state index contributed by atoms with van der Waals surface area (Å²) in [5, 5.41) is 14.5. The molecule has 7 heteroatoms. The van der Waals surface area contributed by atoms with Gasteiger partial charge in [-0.25, -0.2) is 4.79 Å². The molecule has 0 aromatic heterocycles. The third-order valence-electron chi connectivity index (χ3n) is 6.54. The van der Waals surface area contributed by atoms with Gasteiger partial charge in [0.05, 0.1) is 0 Å². The van der Waals surface area contributed by atoms with E-state index < -0.39 is 12.1 Å². The average Bonchev–Trinajstić information content (AvgIpc) is 3.14. The highest BCUT2D eigenvalue weighted by atomic mass is 16.5. The number of carbonyl (C=O) groups is 3. The molecule has 2 unspecified atom stereocenters. The molecule has 0 spiro atoms. The van der Waals surface area contributed by atoms with Gasteiger partial charge in [-0.15, -0.1) is 0 Å². The lowest BCUT2D eigenvalue weighted by Crippen LogP contribution is -2.38. The summed E-state index contributed by atoms with van der Waals surface area (Å²) in [6, 6.07) is 16.0. The zero-order chi connectivity index (χ0) is 25.2. The molecule has 3 N–H and O–H groups in total. The number of amides is 2. The third-order valence-corrected chi connectivity index (χ3v) is 6.54. The first kappa shape index (κ1) is 26.3. The molecule has 0 bridgehead atoms. The van der Waals surface area contributed by atoms with E-state index in [4.69, 9.17) is 9.84 Å². The molecule has 0 saturated heterocycles. The summed E-state index contributed by atoms with van der Waals surface area (Å²) in [6.45, 7) is 4.57. The van der Waals surface area contributed by atoms with Crippen LogP contribution >= 0.6 is 0 Å². The number of rotatable bonds is 13. The molecular weight excluding hydrogens is 444 g/mol. The van der Waals surface area contributed by atoms with E-state index in [0.717, 1.165) is 30.4 Å². The number of ether oxygens (including phenoxy) is 1. The van der Waals surface area contributed by atoms with Crippen LogP contribution in [-0.4, -0.2) is 42.3 Å². The Bertz CT molecular complexity index is 976. The van der Waals surface area contributed by atoms with Crippen LogP contribution in [0.5, 0.6) is 0 Å². The Kier molecular flexibility index (Phi) is 9.70. The summed E-state index contributed by atoms with van der Waals surface area (Å²) in [6.07, 6.45) is 3.07. The molecule has 0 heterocycles. The van der Waals surface area contributed by atoms with E-state index in [-0.39, 0.29) is 43.2 Å². The SMILES string of the molecule is CCCC(CCNC(=O)CC(C)NC(=O)OCC1c2ccccc2-c2ccccc21)CCC(=O)O. The fourth-order valence-electron chi connectivity index (χ4n) is 4.83. The summed E-state index contributed by atoms with van der Waals surface area (Å²) < 4.78 is 5.55. The first-order chi connectivity index (χ1) is 16.9. The van der Waals surface area contributed by atoms with E-state index in [9.17, 15) is 14.4 Å². The summed E-state index contributed by atoms with van der Waals surface area (Å²) >= 11 is 0. The Hall–Kier alpha value is -3.35. The monoisotopic (exact) mass is 480 g/mol. The maximum Gasteiger partial charge on any atom is 0.407 e. The van der Waals surface area contributed by atoms with Gasteiger partial charge in [-0.1, -0.05) is 68.3 Å². The molecule has 0 radical (unpaired) electrons. The van der Waals surface area contributed by atoms with Crippen LogP contribution in [-0.2, 0) is 14.3 Å². The van der Waals surface area contributed by atoms with Crippen molar-refractivity contribution < 1.29 is 24.2 Å². The van der Waals surface area contributed by atoms with E-state index in [1.54, 1.807) is 6.92 Å². The van der Waals surface area contributed by atoms with Crippen LogP contribution in [0.25, 0.3) is 11.1 Å². The van der Waals surface area contributed by atoms with Crippen LogP contribution < -0.4 is 10.6 Å². The molecule has 3 rings (SSSR count). The van der Waals surface area contributed by atoms with E-state index >= 15 is 0 Å². The second-order valence-electron chi connectivity index (χ2n) is 9.30. The zero-order valence-electron chi connectivity index (χ0n) is 20.6. The standard InChI is InChI=1S/C28H36N2O5/c1-3-8-20(13-14-27(32)33)15-16-29-26(31)17-19(2)30-28(34)35-18-25-23-11-6-4-9-21(23)22-10-5-7-12-24(22)25/h4-7,9-12,19-20,25H,3,8,13-18H2,1-2H3,(H,29,31)(H,30,34)(H,32,33). The van der Waals surface area contributed by atoms with E-state index in [1.807, 2.05) is 24.3 Å². The first-order valence-corrected chi connectivity index (χ1v) is 12.5. The summed E-state index contributed by atoms with van der Waals surface area (Å²) in [5.74, 6) is -0.662. The number of alkyl carbamates (subject to hydrolysis) is 1. The number of hydrogen-bond acceptors (Lipinski definition) is 4. The molecule has 7 nitrogen and oxygen atoms in total. The van der Waals surface area contributed by atoms with Gasteiger partial charge in [0.2, 0.25) is 5.91 Å². The van der Waals surface area contributed by atoms with Crippen molar-refractivity contribution in [3.05, 3.63) is 59.7 Å². The van der Waals surface area contributed by atoms with Crippen LogP contribution in [0, 0.1) is 5.92 Å². The van der Waals surface area contributed by atoms with Gasteiger partial charge >= 0.3 is 12.1 Å². The number of carbonyl (C=O) groups excluding carboxylic acids is 2. The number of carboxylic acids is 1. The largest absolute Gasteiger partial charge is 0.481 e. The lowest BCUT2D eigenvalue weighted by molar-refractivity contribution is -0.137. The second kappa shape index (κ2) is 12.9. The van der Waals surface area contributed by atoms with Gasteiger partial charge < -0.3 is 20.5 Å². The molecule has 0 aliphatic heterocycles. The van der Waals surface area contributed by atoms with E-state index in [0.29, 0.717) is 13.0 Å². The van der Waals surface area contributed by atoms with Gasteiger partial charge in [0.15, 0.2) is 0 Å². The number of fused-ring (bicyclic) bond motifs is 3. The first-order valence-electron chi connectivity index (χ1n) is 12.5. The maximum atomic E-state index is 12.4. The summed E-state index contributed by atoms with van der Waals surface area (Å²) in [4.78, 5) is 35.5. The quantitative estimate of drug-likeness (QED) is 0.370. The van der Waals surface area contributed by atoms with Crippen molar-refractivity contribution in [1.29, 1.82) is 0 Å². The number of aliphatic carboxylic acids is 1. The van der Waals surface area contributed by atoms with Crippen molar-refractivity contribution >= 4 is 18.0 Å². The minimum absolute atomic E-state index is 0.0102. The minimum Gasteiger partial charge on any atom is -0.481 e. The third kappa shape index (κ3) is 7.57. The van der Waals surface area contributed by atoms with Crippen molar-refractivity contribution in [3.8, 4) is 11.1 Å². The number of hydrogen-bond donors (Lipinski definition) is 3. The van der Waals surface area contributed by atoms with Gasteiger partial charge in [0.25, 0.3) is 0 Å². The molecule has 2 amide bonds. The van der Waals surface area contributed by atoms with Crippen molar-refractivity contribution in [2.24, 2.45) is 5.92 Å². The molecule has 0 fully saturated rings. The average molecular weight is 481 g/mol. The molecule has 1 aliphatic rings. The van der Waals surface area contributed by atoms with Gasteiger partial charge in [-0.05, 0) is 47.9 Å². The minimum atomic E-state index is -0.789. The Morgan fingerprint density at radius 1 is 0.971 bits per heavy atom. The molecule has 35 heavy (non-hydrogen) atoms. The number of benzene rings is 2. The molecule has 188 valence electrons. The highest BCUT2D eigenvalue weighted by Crippen LogP contribution is 2.44. The molecular formula is C28H36N2O5. The van der Waals surface area contributed by atoms with Crippen molar-refractivity contribution in [2.45, 2.75) is 64.3 Å². The van der Waals surface area contributed by atoms with Crippen LogP contribution in [0.15, 0.2) is 48.5 Å². The Morgan fingerprint density at radius 2 is 1.60 bits per heavy atom. The molecule has 2 aromatic rings. The van der Waals surface area contributed by atoms with E-state index in [2.05, 4.69) is 41.8 Å². The second-order valence-corrected chi connectivity index (χ2v) is 9.30. The fourth-order valence-corrected chi connectivity index (χ4v) is 4.83. The highest BCUT2D eigenvalue weighted by Gasteiger charge is 2.29. The Labute approximate surface area is 207 Å². The van der Waals surface area contributed by atoms with Crippen LogP contribution in [0.1, 0.15) is 69.4 Å². The lowest BCUT2D eigenvalue weighted by atomic mass is 9.94. The van der Waals surface area contributed by atoms with E-state index in [1.165, 1.54) is 11.1 Å². The smallest absolute Gasteiger partial charge is 0.407 e. The van der Waals surface area contributed by atoms with Crippen LogP contribution in [0.4, 0.5) is 4.79 Å². The van der Waals surface area contributed by atoms with Crippen LogP contribution in [0.2, 0.25) is 0 Å². The van der Waals surface area contributed by atoms with Gasteiger partial charge in [-0.2, -0.15) is 0 Å². The number of nitrogens with one attached hydrogen (secondary N) is 2. The van der Waals surface area contributed by atoms with Crippen molar-refractivity contribution in [3.63, 3.8) is 0 Å². The summed E-state index contributed by atoms with van der Waals surface area (Å²) in [5.41, 5.74) is 4.65. The molecule has 2 atom stereocenters. The lowest BCUT2D eigenvalue weighted by Gasteiger charge is -2.18. The zero-order valence-corrected chi connectivity index (χ0v) is 20.6. The molecule has 1 aliphatic carbocycles. The van der Waals surface area contributed by atoms with Gasteiger partial charge in [-0.3, -0.25) is 9.59 Å².